The molecule has 1 heterocycles. The minimum Gasteiger partial charge on any atom is -0.455 e. The number of benzene rings is 8. The zero-order valence-corrected chi connectivity index (χ0v) is 21.9. The van der Waals surface area contributed by atoms with Crippen molar-refractivity contribution in [3.8, 4) is 33.4 Å². The summed E-state index contributed by atoms with van der Waals surface area (Å²) in [6.07, 6.45) is 0. The molecule has 1 nitrogen and oxygen atoms in total. The second kappa shape index (κ2) is 8.55. The molecule has 0 saturated carbocycles. The van der Waals surface area contributed by atoms with Gasteiger partial charge in [0, 0.05) is 21.9 Å². The highest BCUT2D eigenvalue weighted by molar-refractivity contribution is 6.28. The average Bonchev–Trinajstić information content (AvgIpc) is 3.49. The average molecular weight is 526 g/mol. The van der Waals surface area contributed by atoms with Gasteiger partial charge in [-0.05, 0) is 54.6 Å². The molecule has 1 aromatic heterocycles. The number of hydrogen-bond donors (Lipinski definition) is 0. The first-order valence-electron chi connectivity index (χ1n) is 16.2. The lowest BCUT2D eigenvalue weighted by molar-refractivity contribution is 0.671. The van der Waals surface area contributed by atoms with Crippen molar-refractivity contribution in [2.45, 2.75) is 0 Å². The van der Waals surface area contributed by atoms with Crippen molar-refractivity contribution in [3.63, 3.8) is 0 Å². The van der Waals surface area contributed by atoms with Gasteiger partial charge in [-0.25, -0.2) is 0 Å². The first-order valence-corrected chi connectivity index (χ1v) is 13.7. The van der Waals surface area contributed by atoms with Crippen LogP contribution in [0.2, 0.25) is 0 Å². The fourth-order valence-corrected chi connectivity index (χ4v) is 6.52. The smallest absolute Gasteiger partial charge is 0.143 e. The van der Waals surface area contributed by atoms with E-state index in [4.69, 9.17) is 11.3 Å². The standard InChI is InChI=1S/C40H24O/c1-3-9-25(10-4-1)29-21-17-27-20-24-33-31(22-18-28-19-23-32(29)37(27)38(28)33)34-14-8-16-36-35-15-7-13-30(39(35)41-40(34)36)26-11-5-2-6-12-26/h1-24H/i1D,3D,4D,9D,10D. The van der Waals surface area contributed by atoms with Gasteiger partial charge in [-0.2, -0.15) is 0 Å². The molecule has 190 valence electrons. The summed E-state index contributed by atoms with van der Waals surface area (Å²) >= 11 is 0. The molecule has 41 heavy (non-hydrogen) atoms. The third-order valence-corrected chi connectivity index (χ3v) is 8.33. The molecular weight excluding hydrogens is 496 g/mol. The summed E-state index contributed by atoms with van der Waals surface area (Å²) in [5, 5.41) is 8.20. The molecule has 0 bridgehead atoms. The molecule has 0 radical (unpaired) electrons. The van der Waals surface area contributed by atoms with Gasteiger partial charge in [0.2, 0.25) is 0 Å². The molecule has 9 rings (SSSR count). The fourth-order valence-electron chi connectivity index (χ4n) is 6.52. The second-order valence-electron chi connectivity index (χ2n) is 10.5. The number of furan rings is 1. The van der Waals surface area contributed by atoms with Crippen LogP contribution in [-0.4, -0.2) is 0 Å². The Labute approximate surface area is 244 Å². The number of rotatable bonds is 3. The molecule has 8 aromatic carbocycles. The summed E-state index contributed by atoms with van der Waals surface area (Å²) in [5.74, 6) is 0. The number of para-hydroxylation sites is 2. The Morgan fingerprint density at radius 3 is 1.68 bits per heavy atom. The predicted octanol–water partition coefficient (Wildman–Crippen LogP) is 11.5. The highest BCUT2D eigenvalue weighted by atomic mass is 16.3. The van der Waals surface area contributed by atoms with Crippen molar-refractivity contribution in [1.82, 2.24) is 0 Å². The maximum atomic E-state index is 8.66. The molecule has 0 atom stereocenters. The van der Waals surface area contributed by atoms with Gasteiger partial charge >= 0.3 is 0 Å². The topological polar surface area (TPSA) is 13.1 Å². The molecule has 0 unspecified atom stereocenters. The second-order valence-corrected chi connectivity index (χ2v) is 10.5. The summed E-state index contributed by atoms with van der Waals surface area (Å²) in [7, 11) is 0. The van der Waals surface area contributed by atoms with Crippen LogP contribution in [0, 0.1) is 0 Å². The lowest BCUT2D eigenvalue weighted by atomic mass is 9.87. The maximum Gasteiger partial charge on any atom is 0.143 e. The van der Waals surface area contributed by atoms with Gasteiger partial charge in [-0.1, -0.05) is 145 Å². The zero-order chi connectivity index (χ0) is 31.3. The van der Waals surface area contributed by atoms with Crippen molar-refractivity contribution in [1.29, 1.82) is 0 Å². The van der Waals surface area contributed by atoms with E-state index in [-0.39, 0.29) is 29.7 Å². The van der Waals surface area contributed by atoms with Gasteiger partial charge in [0.25, 0.3) is 0 Å². The van der Waals surface area contributed by atoms with E-state index in [0.29, 0.717) is 5.56 Å². The van der Waals surface area contributed by atoms with E-state index in [1.807, 2.05) is 36.4 Å². The fraction of sp³-hybridized carbons (Fsp3) is 0. The third-order valence-electron chi connectivity index (χ3n) is 8.33. The molecule has 0 N–H and O–H groups in total. The molecule has 0 spiro atoms. The Hall–Kier alpha value is -5.40. The highest BCUT2D eigenvalue weighted by Crippen LogP contribution is 2.45. The quantitative estimate of drug-likeness (QED) is 0.209. The molecule has 0 fully saturated rings. The minimum atomic E-state index is -0.392. The third kappa shape index (κ3) is 3.24. The van der Waals surface area contributed by atoms with Crippen LogP contribution in [0.5, 0.6) is 0 Å². The molecular formula is C40H24O. The molecule has 0 aliphatic heterocycles. The molecule has 0 amide bonds. The summed E-state index contributed by atoms with van der Waals surface area (Å²) < 4.78 is 48.7. The molecule has 0 saturated heterocycles. The van der Waals surface area contributed by atoms with Gasteiger partial charge < -0.3 is 4.42 Å². The van der Waals surface area contributed by atoms with Crippen LogP contribution in [-0.2, 0) is 0 Å². The van der Waals surface area contributed by atoms with E-state index < -0.39 is 6.04 Å². The van der Waals surface area contributed by atoms with E-state index in [1.165, 1.54) is 0 Å². The van der Waals surface area contributed by atoms with Crippen LogP contribution in [0.3, 0.4) is 0 Å². The monoisotopic (exact) mass is 525 g/mol. The van der Waals surface area contributed by atoms with E-state index in [1.54, 1.807) is 0 Å². The van der Waals surface area contributed by atoms with Gasteiger partial charge in [0.15, 0.2) is 0 Å². The van der Waals surface area contributed by atoms with Crippen molar-refractivity contribution >= 4 is 54.3 Å². The van der Waals surface area contributed by atoms with Crippen LogP contribution < -0.4 is 0 Å². The Morgan fingerprint density at radius 2 is 0.976 bits per heavy atom. The van der Waals surface area contributed by atoms with Gasteiger partial charge in [0.05, 0.1) is 6.85 Å². The summed E-state index contributed by atoms with van der Waals surface area (Å²) in [6, 6.07) is 37.9. The molecule has 9 aromatic rings. The Kier molecular flexibility index (Phi) is 3.76. The van der Waals surface area contributed by atoms with Gasteiger partial charge in [-0.15, -0.1) is 0 Å². The van der Waals surface area contributed by atoms with Crippen LogP contribution in [0.25, 0.3) is 87.6 Å². The maximum absolute atomic E-state index is 8.66. The van der Waals surface area contributed by atoms with Crippen molar-refractivity contribution in [2.75, 3.05) is 0 Å². The summed E-state index contributed by atoms with van der Waals surface area (Å²) in [4.78, 5) is 0. The SMILES string of the molecule is [2H]c1c([2H])c([2H])c(-c2ccc3ccc4c(-c5cccc6c5oc5c(-c7ccccc7)cccc56)ccc5ccc2c3c54)c([2H])c1[2H]. The van der Waals surface area contributed by atoms with Crippen LogP contribution in [0.4, 0.5) is 0 Å². The van der Waals surface area contributed by atoms with E-state index in [9.17, 15) is 0 Å². The predicted molar refractivity (Wildman–Crippen MR) is 174 cm³/mol. The zero-order valence-electron chi connectivity index (χ0n) is 26.9. The molecule has 0 aliphatic rings. The van der Waals surface area contributed by atoms with Crippen molar-refractivity contribution in [2.24, 2.45) is 0 Å². The molecule has 0 aliphatic carbocycles. The minimum absolute atomic E-state index is 0.201. The number of fused-ring (bicyclic) bond motifs is 3. The van der Waals surface area contributed by atoms with Crippen LogP contribution in [0.1, 0.15) is 6.85 Å². The highest BCUT2D eigenvalue weighted by Gasteiger charge is 2.19. The van der Waals surface area contributed by atoms with E-state index in [2.05, 4.69) is 78.9 Å². The normalized spacial score (nSPS) is 13.6. The largest absolute Gasteiger partial charge is 0.455 e. The van der Waals surface area contributed by atoms with Gasteiger partial charge in [0.1, 0.15) is 11.2 Å². The van der Waals surface area contributed by atoms with Gasteiger partial charge in [-0.3, -0.25) is 0 Å². The van der Waals surface area contributed by atoms with E-state index >= 15 is 0 Å². The Morgan fingerprint density at radius 1 is 0.390 bits per heavy atom. The lowest BCUT2D eigenvalue weighted by Crippen LogP contribution is -1.89. The Bertz CT molecular complexity index is 2660. The molecule has 1 heteroatoms. The van der Waals surface area contributed by atoms with Crippen molar-refractivity contribution in [3.05, 3.63) is 145 Å². The summed E-state index contributed by atoms with van der Waals surface area (Å²) in [6.45, 7) is 0. The van der Waals surface area contributed by atoms with Crippen LogP contribution >= 0.6 is 0 Å². The van der Waals surface area contributed by atoms with Crippen LogP contribution in [0.15, 0.2) is 150 Å². The first-order chi connectivity index (χ1) is 22.4. The summed E-state index contributed by atoms with van der Waals surface area (Å²) in [5.41, 5.74) is 6.72. The van der Waals surface area contributed by atoms with E-state index in [0.717, 1.165) is 76.5 Å². The lowest BCUT2D eigenvalue weighted by Gasteiger charge is -2.16. The Balaban J connectivity index is 1.33. The first kappa shape index (κ1) is 18.0. The van der Waals surface area contributed by atoms with Crippen molar-refractivity contribution < 1.29 is 11.3 Å². The number of hydrogen-bond acceptors (Lipinski definition) is 1.